The lowest BCUT2D eigenvalue weighted by atomic mass is 10.2. The molecule has 0 fully saturated rings. The maximum Gasteiger partial charge on any atom is 0.238 e. The van der Waals surface area contributed by atoms with Crippen LogP contribution in [0.5, 0.6) is 11.5 Å². The maximum atomic E-state index is 12.2. The Morgan fingerprint density at radius 3 is 2.50 bits per heavy atom. The van der Waals surface area contributed by atoms with Crippen LogP contribution < -0.4 is 14.8 Å². The first-order chi connectivity index (χ1) is 11.6. The molecule has 1 amide bonds. The second-order valence-electron chi connectivity index (χ2n) is 5.49. The van der Waals surface area contributed by atoms with Gasteiger partial charge in [-0.25, -0.2) is 0 Å². The van der Waals surface area contributed by atoms with E-state index >= 15 is 0 Å². The lowest BCUT2D eigenvalue weighted by Crippen LogP contribution is -2.30. The van der Waals surface area contributed by atoms with E-state index in [1.807, 2.05) is 67.4 Å². The van der Waals surface area contributed by atoms with Crippen molar-refractivity contribution in [2.45, 2.75) is 13.5 Å². The Labute approximate surface area is 143 Å². The number of nitrogens with one attached hydrogen (secondary N) is 1. The van der Waals surface area contributed by atoms with Gasteiger partial charge in [0.05, 0.1) is 20.3 Å². The fraction of sp³-hybridized carbons (Fsp3) is 0.316. The summed E-state index contributed by atoms with van der Waals surface area (Å²) in [5.41, 5.74) is 1.82. The number of amides is 1. The van der Waals surface area contributed by atoms with Crippen molar-refractivity contribution in [3.8, 4) is 11.5 Å². The topological polar surface area (TPSA) is 50.8 Å². The molecule has 0 spiro atoms. The first-order valence-corrected chi connectivity index (χ1v) is 7.95. The zero-order valence-corrected chi connectivity index (χ0v) is 14.4. The number of para-hydroxylation sites is 1. The summed E-state index contributed by atoms with van der Waals surface area (Å²) in [6.45, 7) is 3.53. The summed E-state index contributed by atoms with van der Waals surface area (Å²) >= 11 is 0. The van der Waals surface area contributed by atoms with Gasteiger partial charge in [-0.3, -0.25) is 9.69 Å². The molecule has 2 aromatic carbocycles. The van der Waals surface area contributed by atoms with Gasteiger partial charge in [0.15, 0.2) is 0 Å². The molecule has 5 heteroatoms. The van der Waals surface area contributed by atoms with E-state index in [1.165, 1.54) is 0 Å². The van der Waals surface area contributed by atoms with Crippen LogP contribution in [0.25, 0.3) is 0 Å². The lowest BCUT2D eigenvalue weighted by molar-refractivity contribution is -0.117. The number of anilines is 1. The number of carbonyl (C=O) groups is 1. The van der Waals surface area contributed by atoms with Gasteiger partial charge < -0.3 is 14.8 Å². The standard InChI is InChI=1S/C19H24N2O3/c1-4-24-18-8-6-5-7-15(18)13-21(2)14-19(22)20-16-9-11-17(23-3)12-10-16/h5-12H,4,13-14H2,1-3H3,(H,20,22). The predicted molar refractivity (Wildman–Crippen MR) is 95.6 cm³/mol. The Balaban J connectivity index is 1.89. The first-order valence-electron chi connectivity index (χ1n) is 7.95. The predicted octanol–water partition coefficient (Wildman–Crippen LogP) is 3.16. The molecule has 0 saturated heterocycles. The van der Waals surface area contributed by atoms with Gasteiger partial charge in [0.1, 0.15) is 11.5 Å². The molecule has 1 N–H and O–H groups in total. The van der Waals surface area contributed by atoms with Crippen LogP contribution >= 0.6 is 0 Å². The molecule has 0 saturated carbocycles. The zero-order valence-electron chi connectivity index (χ0n) is 14.4. The molecular formula is C19H24N2O3. The third-order valence-corrected chi connectivity index (χ3v) is 3.50. The second kappa shape index (κ2) is 8.93. The third kappa shape index (κ3) is 5.28. The van der Waals surface area contributed by atoms with Crippen LogP contribution in [-0.4, -0.2) is 38.1 Å². The smallest absolute Gasteiger partial charge is 0.238 e. The molecule has 128 valence electrons. The summed E-state index contributed by atoms with van der Waals surface area (Å²) < 4.78 is 10.7. The Morgan fingerprint density at radius 1 is 1.12 bits per heavy atom. The monoisotopic (exact) mass is 328 g/mol. The van der Waals surface area contributed by atoms with Crippen molar-refractivity contribution in [3.63, 3.8) is 0 Å². The van der Waals surface area contributed by atoms with E-state index in [0.29, 0.717) is 19.7 Å². The van der Waals surface area contributed by atoms with Gasteiger partial charge >= 0.3 is 0 Å². The lowest BCUT2D eigenvalue weighted by Gasteiger charge is -2.18. The summed E-state index contributed by atoms with van der Waals surface area (Å²) in [5.74, 6) is 1.57. The third-order valence-electron chi connectivity index (χ3n) is 3.50. The Hall–Kier alpha value is -2.53. The molecular weight excluding hydrogens is 304 g/mol. The second-order valence-corrected chi connectivity index (χ2v) is 5.49. The maximum absolute atomic E-state index is 12.2. The molecule has 2 rings (SSSR count). The highest BCUT2D eigenvalue weighted by atomic mass is 16.5. The van der Waals surface area contributed by atoms with Crippen molar-refractivity contribution in [2.24, 2.45) is 0 Å². The summed E-state index contributed by atoms with van der Waals surface area (Å²) in [7, 11) is 3.53. The van der Waals surface area contributed by atoms with Crippen molar-refractivity contribution in [3.05, 3.63) is 54.1 Å². The molecule has 0 aliphatic heterocycles. The van der Waals surface area contributed by atoms with Crippen LogP contribution in [-0.2, 0) is 11.3 Å². The molecule has 0 aromatic heterocycles. The van der Waals surface area contributed by atoms with E-state index in [-0.39, 0.29) is 5.91 Å². The number of methoxy groups -OCH3 is 1. The molecule has 0 heterocycles. The van der Waals surface area contributed by atoms with Crippen LogP contribution in [0, 0.1) is 0 Å². The van der Waals surface area contributed by atoms with Crippen molar-refractivity contribution in [2.75, 3.05) is 32.6 Å². The van der Waals surface area contributed by atoms with Crippen LogP contribution in [0.15, 0.2) is 48.5 Å². The SMILES string of the molecule is CCOc1ccccc1CN(C)CC(=O)Nc1ccc(OC)cc1. The van der Waals surface area contributed by atoms with Crippen LogP contribution in [0.3, 0.4) is 0 Å². The summed E-state index contributed by atoms with van der Waals surface area (Å²) in [4.78, 5) is 14.1. The normalized spacial score (nSPS) is 10.5. The fourth-order valence-electron chi connectivity index (χ4n) is 2.40. The van der Waals surface area contributed by atoms with Crippen molar-refractivity contribution >= 4 is 11.6 Å². The van der Waals surface area contributed by atoms with E-state index in [2.05, 4.69) is 5.32 Å². The van der Waals surface area contributed by atoms with Gasteiger partial charge in [-0.2, -0.15) is 0 Å². The highest BCUT2D eigenvalue weighted by molar-refractivity contribution is 5.92. The largest absolute Gasteiger partial charge is 0.497 e. The van der Waals surface area contributed by atoms with E-state index in [1.54, 1.807) is 7.11 Å². The molecule has 0 aliphatic carbocycles. The highest BCUT2D eigenvalue weighted by Crippen LogP contribution is 2.19. The number of carbonyl (C=O) groups excluding carboxylic acids is 1. The van der Waals surface area contributed by atoms with Gasteiger partial charge in [0.2, 0.25) is 5.91 Å². The Bertz CT molecular complexity index is 656. The van der Waals surface area contributed by atoms with Crippen LogP contribution in [0.4, 0.5) is 5.69 Å². The van der Waals surface area contributed by atoms with E-state index in [4.69, 9.17) is 9.47 Å². The zero-order chi connectivity index (χ0) is 17.4. The van der Waals surface area contributed by atoms with E-state index in [0.717, 1.165) is 22.7 Å². The van der Waals surface area contributed by atoms with E-state index in [9.17, 15) is 4.79 Å². The molecule has 0 aliphatic rings. The van der Waals surface area contributed by atoms with Crippen LogP contribution in [0.1, 0.15) is 12.5 Å². The highest BCUT2D eigenvalue weighted by Gasteiger charge is 2.10. The summed E-state index contributed by atoms with van der Waals surface area (Å²) in [6, 6.07) is 15.2. The quantitative estimate of drug-likeness (QED) is 0.809. The Kier molecular flexibility index (Phi) is 6.63. The van der Waals surface area contributed by atoms with Crippen molar-refractivity contribution < 1.29 is 14.3 Å². The van der Waals surface area contributed by atoms with Crippen LogP contribution in [0.2, 0.25) is 0 Å². The molecule has 0 bridgehead atoms. The molecule has 24 heavy (non-hydrogen) atoms. The number of hydrogen-bond acceptors (Lipinski definition) is 4. The number of benzene rings is 2. The van der Waals surface area contributed by atoms with Gasteiger partial charge in [-0.15, -0.1) is 0 Å². The average molecular weight is 328 g/mol. The average Bonchev–Trinajstić information content (AvgIpc) is 2.57. The number of hydrogen-bond donors (Lipinski definition) is 1. The molecule has 5 nitrogen and oxygen atoms in total. The van der Waals surface area contributed by atoms with Crippen molar-refractivity contribution in [1.29, 1.82) is 0 Å². The minimum atomic E-state index is -0.0587. The van der Waals surface area contributed by atoms with Gasteiger partial charge in [-0.05, 0) is 44.3 Å². The van der Waals surface area contributed by atoms with E-state index < -0.39 is 0 Å². The Morgan fingerprint density at radius 2 is 1.83 bits per heavy atom. The fourth-order valence-corrected chi connectivity index (χ4v) is 2.40. The summed E-state index contributed by atoms with van der Waals surface area (Å²) in [5, 5.41) is 2.88. The molecule has 2 aromatic rings. The molecule has 0 unspecified atom stereocenters. The summed E-state index contributed by atoms with van der Waals surface area (Å²) in [6.07, 6.45) is 0. The van der Waals surface area contributed by atoms with Gasteiger partial charge in [-0.1, -0.05) is 18.2 Å². The number of likely N-dealkylation sites (N-methyl/N-ethyl adjacent to an activating group) is 1. The molecule has 0 radical (unpaired) electrons. The molecule has 0 atom stereocenters. The number of nitrogens with zero attached hydrogens (tertiary/aromatic N) is 1. The number of ether oxygens (including phenoxy) is 2. The minimum absolute atomic E-state index is 0.0587. The number of rotatable bonds is 8. The van der Waals surface area contributed by atoms with Crippen molar-refractivity contribution in [1.82, 2.24) is 4.90 Å². The minimum Gasteiger partial charge on any atom is -0.497 e. The van der Waals surface area contributed by atoms with Gasteiger partial charge in [0.25, 0.3) is 0 Å². The first kappa shape index (κ1) is 17.8. The van der Waals surface area contributed by atoms with Gasteiger partial charge in [0, 0.05) is 17.8 Å².